The van der Waals surface area contributed by atoms with E-state index in [2.05, 4.69) is 5.32 Å². The van der Waals surface area contributed by atoms with Crippen molar-refractivity contribution in [1.82, 2.24) is 0 Å². The van der Waals surface area contributed by atoms with Gasteiger partial charge in [0.05, 0.1) is 13.7 Å². The van der Waals surface area contributed by atoms with E-state index >= 15 is 0 Å². The summed E-state index contributed by atoms with van der Waals surface area (Å²) in [6, 6.07) is 15.1. The lowest BCUT2D eigenvalue weighted by Gasteiger charge is -2.14. The molecule has 1 amide bonds. The summed E-state index contributed by atoms with van der Waals surface area (Å²) in [5.41, 5.74) is 1.89. The number of carbonyl (C=O) groups excluding carboxylic acids is 1. The minimum atomic E-state index is -0.0318. The van der Waals surface area contributed by atoms with E-state index in [4.69, 9.17) is 16.3 Å². The molecule has 2 aromatic carbocycles. The highest BCUT2D eigenvalue weighted by Crippen LogP contribution is 2.14. The molecule has 0 saturated heterocycles. The van der Waals surface area contributed by atoms with Gasteiger partial charge in [0.2, 0.25) is 0 Å². The molecule has 0 aliphatic rings. The SMILES string of the molecule is CCOc1ccc(C[NH+](C)CC(=O)Nc2cccc(Cl)c2)cc1. The number of anilines is 1. The van der Waals surface area contributed by atoms with Crippen molar-refractivity contribution >= 4 is 23.2 Å². The lowest BCUT2D eigenvalue weighted by molar-refractivity contribution is -0.885. The first-order valence-electron chi connectivity index (χ1n) is 7.65. The van der Waals surface area contributed by atoms with Crippen molar-refractivity contribution in [2.24, 2.45) is 0 Å². The second-order valence-electron chi connectivity index (χ2n) is 5.45. The normalized spacial score (nSPS) is 11.8. The molecule has 0 aromatic heterocycles. The molecule has 1 atom stereocenters. The van der Waals surface area contributed by atoms with Gasteiger partial charge in [0.15, 0.2) is 6.54 Å². The maximum absolute atomic E-state index is 12.1. The van der Waals surface area contributed by atoms with Gasteiger partial charge in [-0.15, -0.1) is 0 Å². The first kappa shape index (κ1) is 17.3. The number of benzene rings is 2. The Morgan fingerprint density at radius 3 is 2.61 bits per heavy atom. The van der Waals surface area contributed by atoms with Crippen LogP contribution in [0.5, 0.6) is 5.75 Å². The van der Waals surface area contributed by atoms with Crippen molar-refractivity contribution in [2.45, 2.75) is 13.5 Å². The van der Waals surface area contributed by atoms with Gasteiger partial charge in [-0.2, -0.15) is 0 Å². The number of ether oxygens (including phenoxy) is 1. The van der Waals surface area contributed by atoms with Gasteiger partial charge in [-0.3, -0.25) is 4.79 Å². The average Bonchev–Trinajstić information content (AvgIpc) is 2.49. The van der Waals surface area contributed by atoms with Crippen LogP contribution in [-0.4, -0.2) is 26.1 Å². The third kappa shape index (κ3) is 5.93. The highest BCUT2D eigenvalue weighted by molar-refractivity contribution is 6.30. The number of nitrogens with one attached hydrogen (secondary N) is 2. The first-order valence-corrected chi connectivity index (χ1v) is 8.03. The molecule has 5 heteroatoms. The highest BCUT2D eigenvalue weighted by Gasteiger charge is 2.11. The summed E-state index contributed by atoms with van der Waals surface area (Å²) in [5.74, 6) is 0.836. The van der Waals surface area contributed by atoms with Crippen LogP contribution in [0.3, 0.4) is 0 Å². The number of hydrogen-bond acceptors (Lipinski definition) is 2. The molecule has 1 unspecified atom stereocenters. The molecule has 0 saturated carbocycles. The first-order chi connectivity index (χ1) is 11.1. The van der Waals surface area contributed by atoms with Crippen molar-refractivity contribution in [3.63, 3.8) is 0 Å². The fraction of sp³-hybridized carbons (Fsp3) is 0.278. The Balaban J connectivity index is 1.83. The lowest BCUT2D eigenvalue weighted by Crippen LogP contribution is -3.08. The number of amides is 1. The van der Waals surface area contributed by atoms with Crippen LogP contribution in [0.4, 0.5) is 5.69 Å². The van der Waals surface area contributed by atoms with E-state index in [-0.39, 0.29) is 5.91 Å². The second-order valence-corrected chi connectivity index (χ2v) is 5.88. The van der Waals surface area contributed by atoms with Crippen molar-refractivity contribution in [1.29, 1.82) is 0 Å². The summed E-state index contributed by atoms with van der Waals surface area (Å²) in [6.45, 7) is 3.79. The third-order valence-corrected chi connectivity index (χ3v) is 3.55. The monoisotopic (exact) mass is 333 g/mol. The van der Waals surface area contributed by atoms with Gasteiger partial charge in [0, 0.05) is 16.3 Å². The molecule has 0 fully saturated rings. The number of carbonyl (C=O) groups is 1. The van der Waals surface area contributed by atoms with E-state index in [0.29, 0.717) is 18.2 Å². The molecule has 4 nitrogen and oxygen atoms in total. The Morgan fingerprint density at radius 1 is 1.22 bits per heavy atom. The summed E-state index contributed by atoms with van der Waals surface area (Å²) >= 11 is 5.91. The fourth-order valence-electron chi connectivity index (χ4n) is 2.33. The minimum Gasteiger partial charge on any atom is -0.494 e. The van der Waals surface area contributed by atoms with E-state index in [9.17, 15) is 4.79 Å². The maximum atomic E-state index is 12.1. The van der Waals surface area contributed by atoms with Gasteiger partial charge in [0.1, 0.15) is 12.3 Å². The van der Waals surface area contributed by atoms with Crippen molar-refractivity contribution in [2.75, 3.05) is 25.5 Å². The maximum Gasteiger partial charge on any atom is 0.279 e. The Morgan fingerprint density at radius 2 is 1.96 bits per heavy atom. The predicted molar refractivity (Wildman–Crippen MR) is 93.2 cm³/mol. The van der Waals surface area contributed by atoms with E-state index in [1.807, 2.05) is 50.4 Å². The zero-order valence-corrected chi connectivity index (χ0v) is 14.2. The van der Waals surface area contributed by atoms with Crippen LogP contribution in [0, 0.1) is 0 Å². The molecule has 0 aliphatic heterocycles. The number of rotatable bonds is 7. The number of hydrogen-bond donors (Lipinski definition) is 2. The van der Waals surface area contributed by atoms with Gasteiger partial charge >= 0.3 is 0 Å². The van der Waals surface area contributed by atoms with Gasteiger partial charge < -0.3 is 15.0 Å². The van der Waals surface area contributed by atoms with Crippen LogP contribution in [0.15, 0.2) is 48.5 Å². The molecule has 0 spiro atoms. The molecule has 0 aliphatic carbocycles. The molecule has 2 rings (SSSR count). The van der Waals surface area contributed by atoms with E-state index in [0.717, 1.165) is 22.9 Å². The topological polar surface area (TPSA) is 42.8 Å². The van der Waals surface area contributed by atoms with Crippen molar-refractivity contribution in [3.8, 4) is 5.75 Å². The van der Waals surface area contributed by atoms with Crippen LogP contribution in [-0.2, 0) is 11.3 Å². The molecule has 0 bridgehead atoms. The molecule has 0 radical (unpaired) electrons. The molecule has 0 heterocycles. The molecular formula is C18H22ClN2O2+. The molecule has 23 heavy (non-hydrogen) atoms. The number of halogens is 1. The highest BCUT2D eigenvalue weighted by atomic mass is 35.5. The zero-order valence-electron chi connectivity index (χ0n) is 13.4. The predicted octanol–water partition coefficient (Wildman–Crippen LogP) is 2.39. The van der Waals surface area contributed by atoms with Gasteiger partial charge in [0.25, 0.3) is 5.91 Å². The largest absolute Gasteiger partial charge is 0.494 e. The standard InChI is InChI=1S/C18H21ClN2O2/c1-3-23-17-9-7-14(8-10-17)12-21(2)13-18(22)20-16-6-4-5-15(19)11-16/h4-11H,3,12-13H2,1-2H3,(H,20,22)/p+1. The molecule has 2 N–H and O–H groups in total. The Bertz CT molecular complexity index is 644. The van der Waals surface area contributed by atoms with Gasteiger partial charge in [-0.25, -0.2) is 0 Å². The van der Waals surface area contributed by atoms with Crippen molar-refractivity contribution in [3.05, 3.63) is 59.1 Å². The Kier molecular flexibility index (Phi) is 6.44. The third-order valence-electron chi connectivity index (χ3n) is 3.31. The van der Waals surface area contributed by atoms with Crippen LogP contribution in [0.2, 0.25) is 5.02 Å². The minimum absolute atomic E-state index is 0.0318. The van der Waals surface area contributed by atoms with Crippen LogP contribution >= 0.6 is 11.6 Å². The Labute approximate surface area is 142 Å². The summed E-state index contributed by atoms with van der Waals surface area (Å²) < 4.78 is 5.42. The summed E-state index contributed by atoms with van der Waals surface area (Å²) in [7, 11) is 1.99. The lowest BCUT2D eigenvalue weighted by atomic mass is 10.2. The van der Waals surface area contributed by atoms with Crippen LogP contribution in [0.1, 0.15) is 12.5 Å². The average molecular weight is 334 g/mol. The summed E-state index contributed by atoms with van der Waals surface area (Å²) in [5, 5.41) is 3.47. The fourth-order valence-corrected chi connectivity index (χ4v) is 2.52. The van der Waals surface area contributed by atoms with Gasteiger partial charge in [-0.1, -0.05) is 17.7 Å². The van der Waals surface area contributed by atoms with E-state index in [1.165, 1.54) is 5.56 Å². The quantitative estimate of drug-likeness (QED) is 0.817. The zero-order chi connectivity index (χ0) is 16.7. The Hall–Kier alpha value is -2.04. The van der Waals surface area contributed by atoms with Gasteiger partial charge in [-0.05, 0) is 49.4 Å². The number of likely N-dealkylation sites (N-methyl/N-ethyl adjacent to an activating group) is 1. The smallest absolute Gasteiger partial charge is 0.279 e. The summed E-state index contributed by atoms with van der Waals surface area (Å²) in [6.07, 6.45) is 0. The van der Waals surface area contributed by atoms with E-state index in [1.54, 1.807) is 12.1 Å². The van der Waals surface area contributed by atoms with Crippen LogP contribution < -0.4 is 15.0 Å². The molecule has 2 aromatic rings. The molecular weight excluding hydrogens is 312 g/mol. The molecule has 122 valence electrons. The van der Waals surface area contributed by atoms with Crippen LogP contribution in [0.25, 0.3) is 0 Å². The number of quaternary nitrogens is 1. The summed E-state index contributed by atoms with van der Waals surface area (Å²) in [4.78, 5) is 13.2. The van der Waals surface area contributed by atoms with E-state index < -0.39 is 0 Å². The second kappa shape index (κ2) is 8.56. The van der Waals surface area contributed by atoms with Crippen molar-refractivity contribution < 1.29 is 14.4 Å².